The van der Waals surface area contributed by atoms with Crippen molar-refractivity contribution >= 4 is 44.2 Å². The quantitative estimate of drug-likeness (QED) is 0.823. The maximum Gasteiger partial charge on any atom is 0.286 e. The van der Waals surface area contributed by atoms with E-state index in [2.05, 4.69) is 9.71 Å². The van der Waals surface area contributed by atoms with Crippen LogP contribution in [0.25, 0.3) is 0 Å². The second-order valence-corrected chi connectivity index (χ2v) is 8.11. The van der Waals surface area contributed by atoms with Crippen LogP contribution in [0.2, 0.25) is 0 Å². The maximum atomic E-state index is 12.4. The number of nitrogens with one attached hydrogen (secondary N) is 1. The summed E-state index contributed by atoms with van der Waals surface area (Å²) >= 11 is 1.08. The highest BCUT2D eigenvalue weighted by Crippen LogP contribution is 2.33. The van der Waals surface area contributed by atoms with Crippen molar-refractivity contribution in [3.63, 3.8) is 0 Å². The van der Waals surface area contributed by atoms with Crippen molar-refractivity contribution < 1.29 is 17.9 Å². The van der Waals surface area contributed by atoms with Crippen molar-refractivity contribution in [2.24, 2.45) is 4.40 Å². The van der Waals surface area contributed by atoms with Crippen molar-refractivity contribution in [2.75, 3.05) is 29.6 Å². The first-order chi connectivity index (χ1) is 13.0. The van der Waals surface area contributed by atoms with Crippen molar-refractivity contribution in [1.82, 2.24) is 0 Å². The SMILES string of the molecule is CCN1C(SCC(=O)Nc2ccccc2OC)=NS(=O)(=O)c2ccccc21. The number of benzene rings is 2. The minimum atomic E-state index is -3.78. The summed E-state index contributed by atoms with van der Waals surface area (Å²) in [5.74, 6) is 0.294. The van der Waals surface area contributed by atoms with Crippen LogP contribution in [0.15, 0.2) is 57.8 Å². The van der Waals surface area contributed by atoms with Crippen LogP contribution in [0.1, 0.15) is 6.92 Å². The fourth-order valence-electron chi connectivity index (χ4n) is 2.68. The molecular weight excluding hydrogens is 386 g/mol. The highest BCUT2D eigenvalue weighted by molar-refractivity contribution is 8.15. The Kier molecular flexibility index (Phi) is 5.71. The molecule has 0 unspecified atom stereocenters. The van der Waals surface area contributed by atoms with Gasteiger partial charge in [-0.2, -0.15) is 8.42 Å². The van der Waals surface area contributed by atoms with E-state index in [1.54, 1.807) is 47.4 Å². The van der Waals surface area contributed by atoms with Crippen LogP contribution in [0.4, 0.5) is 11.4 Å². The summed E-state index contributed by atoms with van der Waals surface area (Å²) in [6, 6.07) is 13.8. The number of nitrogens with zero attached hydrogens (tertiary/aromatic N) is 2. The van der Waals surface area contributed by atoms with E-state index in [0.717, 1.165) is 11.8 Å². The molecule has 0 radical (unpaired) electrons. The molecule has 0 spiro atoms. The predicted octanol–water partition coefficient (Wildman–Crippen LogP) is 2.95. The molecule has 142 valence electrons. The third-order valence-electron chi connectivity index (χ3n) is 3.89. The number of fused-ring (bicyclic) bond motifs is 1. The lowest BCUT2D eigenvalue weighted by molar-refractivity contribution is -0.113. The van der Waals surface area contributed by atoms with Gasteiger partial charge in [0.2, 0.25) is 5.91 Å². The van der Waals surface area contributed by atoms with Gasteiger partial charge in [-0.1, -0.05) is 36.0 Å². The molecule has 1 amide bonds. The Morgan fingerprint density at radius 2 is 1.89 bits per heavy atom. The Labute approximate surface area is 162 Å². The molecule has 0 saturated heterocycles. The fourth-order valence-corrected chi connectivity index (χ4v) is 4.99. The van der Waals surface area contributed by atoms with Crippen LogP contribution in [0, 0.1) is 0 Å². The van der Waals surface area contributed by atoms with Gasteiger partial charge >= 0.3 is 0 Å². The van der Waals surface area contributed by atoms with Gasteiger partial charge in [0.15, 0.2) is 5.17 Å². The van der Waals surface area contributed by atoms with E-state index in [4.69, 9.17) is 4.74 Å². The van der Waals surface area contributed by atoms with Gasteiger partial charge in [-0.3, -0.25) is 4.79 Å². The Hall–Kier alpha value is -2.52. The van der Waals surface area contributed by atoms with Crippen molar-refractivity contribution in [3.8, 4) is 5.75 Å². The number of thioether (sulfide) groups is 1. The third-order valence-corrected chi connectivity index (χ3v) is 6.30. The molecule has 27 heavy (non-hydrogen) atoms. The summed E-state index contributed by atoms with van der Waals surface area (Å²) in [5, 5.41) is 3.05. The van der Waals surface area contributed by atoms with Crippen LogP contribution < -0.4 is 15.0 Å². The summed E-state index contributed by atoms with van der Waals surface area (Å²) in [4.78, 5) is 14.3. The van der Waals surface area contributed by atoms with E-state index in [0.29, 0.717) is 23.7 Å². The van der Waals surface area contributed by atoms with Gasteiger partial charge in [0, 0.05) is 6.54 Å². The highest BCUT2D eigenvalue weighted by Gasteiger charge is 2.30. The number of rotatable bonds is 5. The summed E-state index contributed by atoms with van der Waals surface area (Å²) in [6.45, 7) is 2.44. The molecule has 7 nitrogen and oxygen atoms in total. The number of ether oxygens (including phenoxy) is 1. The second kappa shape index (κ2) is 8.01. The molecule has 1 aliphatic rings. The van der Waals surface area contributed by atoms with E-state index in [-0.39, 0.29) is 21.7 Å². The first-order valence-corrected chi connectivity index (χ1v) is 10.7. The molecular formula is C18H19N3O4S2. The largest absolute Gasteiger partial charge is 0.495 e. The number of sulfonamides is 1. The summed E-state index contributed by atoms with van der Waals surface area (Å²) < 4.78 is 33.9. The standard InChI is InChI=1S/C18H19N3O4S2/c1-3-21-14-9-5-7-11-16(14)27(23,24)20-18(21)26-12-17(22)19-13-8-4-6-10-15(13)25-2/h4-11H,3,12H2,1-2H3,(H,19,22). The van der Waals surface area contributed by atoms with Gasteiger partial charge in [0.1, 0.15) is 10.6 Å². The average Bonchev–Trinajstić information content (AvgIpc) is 2.67. The lowest BCUT2D eigenvalue weighted by atomic mass is 10.3. The molecule has 1 N–H and O–H groups in total. The summed E-state index contributed by atoms with van der Waals surface area (Å²) in [5.41, 5.74) is 1.13. The maximum absolute atomic E-state index is 12.4. The lowest BCUT2D eigenvalue weighted by Crippen LogP contribution is -2.34. The fraction of sp³-hybridized carbons (Fsp3) is 0.222. The number of amidine groups is 1. The van der Waals surface area contributed by atoms with Crippen LogP contribution in [-0.2, 0) is 14.8 Å². The molecule has 2 aromatic carbocycles. The molecule has 0 aliphatic carbocycles. The van der Waals surface area contributed by atoms with Crippen LogP contribution >= 0.6 is 11.8 Å². The Bertz CT molecular complexity index is 990. The first kappa shape index (κ1) is 19.2. The zero-order valence-corrected chi connectivity index (χ0v) is 16.5. The molecule has 3 rings (SSSR count). The first-order valence-electron chi connectivity index (χ1n) is 8.23. The van der Waals surface area contributed by atoms with E-state index in [9.17, 15) is 13.2 Å². The van der Waals surface area contributed by atoms with E-state index in [1.807, 2.05) is 6.92 Å². The van der Waals surface area contributed by atoms with Gasteiger partial charge < -0.3 is 15.0 Å². The number of hydrogen-bond acceptors (Lipinski definition) is 6. The predicted molar refractivity (Wildman–Crippen MR) is 108 cm³/mol. The molecule has 0 saturated carbocycles. The van der Waals surface area contributed by atoms with Crippen molar-refractivity contribution in [2.45, 2.75) is 11.8 Å². The Morgan fingerprint density at radius 3 is 2.63 bits per heavy atom. The monoisotopic (exact) mass is 405 g/mol. The van der Waals surface area contributed by atoms with E-state index in [1.165, 1.54) is 13.2 Å². The van der Waals surface area contributed by atoms with Crippen molar-refractivity contribution in [1.29, 1.82) is 0 Å². The number of carbonyl (C=O) groups excluding carboxylic acids is 1. The van der Waals surface area contributed by atoms with E-state index < -0.39 is 10.0 Å². The number of methoxy groups -OCH3 is 1. The van der Waals surface area contributed by atoms with Gasteiger partial charge in [-0.05, 0) is 31.2 Å². The molecule has 0 atom stereocenters. The van der Waals surface area contributed by atoms with Gasteiger partial charge in [0.25, 0.3) is 10.0 Å². The van der Waals surface area contributed by atoms with Crippen LogP contribution in [-0.4, -0.2) is 38.9 Å². The molecule has 1 aliphatic heterocycles. The minimum Gasteiger partial charge on any atom is -0.495 e. The Morgan fingerprint density at radius 1 is 1.19 bits per heavy atom. The molecule has 9 heteroatoms. The average molecular weight is 406 g/mol. The minimum absolute atomic E-state index is 0.0189. The molecule has 0 fully saturated rings. The number of amides is 1. The molecule has 0 bridgehead atoms. The highest BCUT2D eigenvalue weighted by atomic mass is 32.2. The number of anilines is 2. The van der Waals surface area contributed by atoms with Crippen LogP contribution in [0.3, 0.4) is 0 Å². The van der Waals surface area contributed by atoms with Crippen LogP contribution in [0.5, 0.6) is 5.75 Å². The molecule has 1 heterocycles. The van der Waals surface area contributed by atoms with E-state index >= 15 is 0 Å². The second-order valence-electron chi connectivity index (χ2n) is 5.60. The normalized spacial score (nSPS) is 14.9. The third kappa shape index (κ3) is 4.09. The number of para-hydroxylation sites is 3. The lowest BCUT2D eigenvalue weighted by Gasteiger charge is -2.29. The summed E-state index contributed by atoms with van der Waals surface area (Å²) in [6.07, 6.45) is 0. The van der Waals surface area contributed by atoms with Crippen molar-refractivity contribution in [3.05, 3.63) is 48.5 Å². The smallest absolute Gasteiger partial charge is 0.286 e. The number of hydrogen-bond donors (Lipinski definition) is 1. The topological polar surface area (TPSA) is 88.1 Å². The zero-order chi connectivity index (χ0) is 19.4. The molecule has 2 aromatic rings. The number of carbonyl (C=O) groups is 1. The molecule has 0 aromatic heterocycles. The van der Waals surface area contributed by atoms with Gasteiger partial charge in [0.05, 0.1) is 24.2 Å². The summed E-state index contributed by atoms with van der Waals surface area (Å²) in [7, 11) is -2.25. The Balaban J connectivity index is 1.75. The van der Waals surface area contributed by atoms with Gasteiger partial charge in [-0.25, -0.2) is 0 Å². The van der Waals surface area contributed by atoms with Gasteiger partial charge in [-0.15, -0.1) is 4.40 Å². The zero-order valence-electron chi connectivity index (χ0n) is 14.9.